The van der Waals surface area contributed by atoms with Crippen molar-refractivity contribution in [3.8, 4) is 11.1 Å². The monoisotopic (exact) mass is 513 g/mol. The molecule has 9 nitrogen and oxygen atoms in total. The van der Waals surface area contributed by atoms with Crippen LogP contribution < -0.4 is 16.0 Å². The van der Waals surface area contributed by atoms with Crippen molar-refractivity contribution < 1.29 is 29.0 Å². The third-order valence-electron chi connectivity index (χ3n) is 6.02. The predicted molar refractivity (Wildman–Crippen MR) is 138 cm³/mol. The second-order valence-corrected chi connectivity index (χ2v) is 8.95. The van der Waals surface area contributed by atoms with Gasteiger partial charge in [-0.05, 0) is 41.5 Å². The van der Waals surface area contributed by atoms with E-state index in [1.807, 2.05) is 36.4 Å². The summed E-state index contributed by atoms with van der Waals surface area (Å²) in [6.45, 7) is 1.79. The number of carboxylic acid groups (broad SMARTS) is 1. The van der Waals surface area contributed by atoms with Gasteiger partial charge in [0.05, 0.1) is 0 Å². The van der Waals surface area contributed by atoms with Crippen LogP contribution >= 0.6 is 12.6 Å². The van der Waals surface area contributed by atoms with Gasteiger partial charge < -0.3 is 25.8 Å². The molecule has 0 aromatic heterocycles. The molecular formula is C26H31N3O6S. The normalized spacial score (nSPS) is 13.6. The number of benzene rings is 2. The zero-order valence-corrected chi connectivity index (χ0v) is 20.9. The topological polar surface area (TPSA) is 134 Å². The lowest BCUT2D eigenvalue weighted by Gasteiger charge is -2.19. The molecule has 0 bridgehead atoms. The highest BCUT2D eigenvalue weighted by atomic mass is 32.1. The first-order chi connectivity index (χ1) is 17.3. The van der Waals surface area contributed by atoms with E-state index in [1.165, 1.54) is 6.92 Å². The summed E-state index contributed by atoms with van der Waals surface area (Å²) in [6.07, 6.45) is 0.595. The van der Waals surface area contributed by atoms with E-state index in [0.717, 1.165) is 22.3 Å². The van der Waals surface area contributed by atoms with Crippen LogP contribution in [0.3, 0.4) is 0 Å². The first-order valence-corrected chi connectivity index (χ1v) is 12.4. The summed E-state index contributed by atoms with van der Waals surface area (Å²) >= 11 is 4.02. The molecule has 0 radical (unpaired) electrons. The molecule has 0 heterocycles. The number of carbonyl (C=O) groups is 4. The zero-order valence-electron chi connectivity index (χ0n) is 20.0. The molecule has 2 aromatic rings. The molecule has 36 heavy (non-hydrogen) atoms. The number of carbonyl (C=O) groups excluding carboxylic acids is 3. The Labute approximate surface area is 215 Å². The minimum atomic E-state index is -1.17. The summed E-state index contributed by atoms with van der Waals surface area (Å²) in [5.41, 5.74) is 4.57. The van der Waals surface area contributed by atoms with Crippen molar-refractivity contribution in [3.05, 3.63) is 59.7 Å². The molecule has 0 spiro atoms. The Morgan fingerprint density at radius 3 is 2.11 bits per heavy atom. The standard InChI is InChI=1S/C26H31N3O6S/c1-16(30)28-23(15-36)24(31)29-22(25(32)33)12-6-7-13-27-26(34)35-14-21-19-10-4-2-8-17(19)18-9-3-5-11-20(18)21/h2-5,8-11,21-23,36H,6-7,12-15H2,1H3,(H,27,34)(H,28,30)(H,29,31)(H,32,33)/t22?,23-/m0/s1. The Hall–Kier alpha value is -3.53. The van der Waals surface area contributed by atoms with Gasteiger partial charge in [-0.3, -0.25) is 9.59 Å². The van der Waals surface area contributed by atoms with Crippen LogP contribution in [0.25, 0.3) is 11.1 Å². The molecule has 0 fully saturated rings. The maximum Gasteiger partial charge on any atom is 0.407 e. The third kappa shape index (κ3) is 7.00. The third-order valence-corrected chi connectivity index (χ3v) is 6.39. The minimum absolute atomic E-state index is 0.0262. The Balaban J connectivity index is 1.40. The lowest BCUT2D eigenvalue weighted by atomic mass is 9.98. The number of fused-ring (bicyclic) bond motifs is 3. The van der Waals surface area contributed by atoms with Crippen LogP contribution in [0, 0.1) is 0 Å². The van der Waals surface area contributed by atoms with E-state index < -0.39 is 36.0 Å². The molecular weight excluding hydrogens is 482 g/mol. The van der Waals surface area contributed by atoms with Gasteiger partial charge in [-0.25, -0.2) is 9.59 Å². The number of rotatable bonds is 12. The van der Waals surface area contributed by atoms with E-state index in [4.69, 9.17) is 4.74 Å². The van der Waals surface area contributed by atoms with Crippen LogP contribution in [0.4, 0.5) is 4.79 Å². The maximum atomic E-state index is 12.2. The number of hydrogen-bond acceptors (Lipinski definition) is 6. The second-order valence-electron chi connectivity index (χ2n) is 8.58. The summed E-state index contributed by atoms with van der Waals surface area (Å²) in [4.78, 5) is 47.2. The van der Waals surface area contributed by atoms with Gasteiger partial charge in [0.1, 0.15) is 18.7 Å². The maximum absolute atomic E-state index is 12.2. The highest BCUT2D eigenvalue weighted by Crippen LogP contribution is 2.44. The van der Waals surface area contributed by atoms with E-state index in [0.29, 0.717) is 19.4 Å². The van der Waals surface area contributed by atoms with Crippen molar-refractivity contribution in [1.29, 1.82) is 0 Å². The van der Waals surface area contributed by atoms with Crippen molar-refractivity contribution in [3.63, 3.8) is 0 Å². The number of aliphatic carboxylic acids is 1. The predicted octanol–water partition coefficient (Wildman–Crippen LogP) is 2.70. The first-order valence-electron chi connectivity index (χ1n) is 11.8. The van der Waals surface area contributed by atoms with E-state index in [-0.39, 0.29) is 24.7 Å². The van der Waals surface area contributed by atoms with Crippen LogP contribution in [0.2, 0.25) is 0 Å². The Morgan fingerprint density at radius 2 is 1.56 bits per heavy atom. The number of unbranched alkanes of at least 4 members (excludes halogenated alkanes) is 1. The first kappa shape index (κ1) is 27.1. The molecule has 1 unspecified atom stereocenters. The average molecular weight is 514 g/mol. The number of nitrogens with one attached hydrogen (secondary N) is 3. The van der Waals surface area contributed by atoms with Crippen LogP contribution in [0.5, 0.6) is 0 Å². The summed E-state index contributed by atoms with van der Waals surface area (Å²) in [6, 6.07) is 14.2. The molecule has 0 saturated carbocycles. The summed E-state index contributed by atoms with van der Waals surface area (Å²) in [7, 11) is 0. The number of alkyl carbamates (subject to hydrolysis) is 1. The molecule has 3 amide bonds. The average Bonchev–Trinajstić information content (AvgIpc) is 3.18. The van der Waals surface area contributed by atoms with Crippen molar-refractivity contribution in [1.82, 2.24) is 16.0 Å². The van der Waals surface area contributed by atoms with Gasteiger partial charge in [0.2, 0.25) is 11.8 Å². The molecule has 4 N–H and O–H groups in total. The largest absolute Gasteiger partial charge is 0.480 e. The summed E-state index contributed by atoms with van der Waals surface area (Å²) < 4.78 is 5.49. The summed E-state index contributed by atoms with van der Waals surface area (Å²) in [5.74, 6) is -2.17. The fraction of sp³-hybridized carbons (Fsp3) is 0.385. The lowest BCUT2D eigenvalue weighted by molar-refractivity contribution is -0.142. The Bertz CT molecular complexity index is 1060. The highest BCUT2D eigenvalue weighted by Gasteiger charge is 2.29. The van der Waals surface area contributed by atoms with Crippen LogP contribution in [0.1, 0.15) is 43.2 Å². The molecule has 2 atom stereocenters. The van der Waals surface area contributed by atoms with Gasteiger partial charge >= 0.3 is 12.1 Å². The molecule has 2 aromatic carbocycles. The van der Waals surface area contributed by atoms with Crippen molar-refractivity contribution in [2.45, 2.75) is 44.2 Å². The molecule has 1 aliphatic rings. The molecule has 1 aliphatic carbocycles. The van der Waals surface area contributed by atoms with Crippen molar-refractivity contribution in [2.24, 2.45) is 0 Å². The quantitative estimate of drug-likeness (QED) is 0.219. The SMILES string of the molecule is CC(=O)N[C@@H](CS)C(=O)NC(CCCCNC(=O)OCC1c2ccccc2-c2ccccc21)C(=O)O. The van der Waals surface area contributed by atoms with Crippen LogP contribution in [-0.4, -0.2) is 60.0 Å². The number of carboxylic acids is 1. The Morgan fingerprint density at radius 1 is 0.944 bits per heavy atom. The van der Waals surface area contributed by atoms with Gasteiger partial charge in [0.15, 0.2) is 0 Å². The van der Waals surface area contributed by atoms with Crippen LogP contribution in [-0.2, 0) is 19.1 Å². The fourth-order valence-electron chi connectivity index (χ4n) is 4.28. The number of thiol groups is 1. The minimum Gasteiger partial charge on any atom is -0.480 e. The zero-order chi connectivity index (χ0) is 26.1. The van der Waals surface area contributed by atoms with E-state index >= 15 is 0 Å². The molecule has 3 rings (SSSR count). The van der Waals surface area contributed by atoms with Gasteiger partial charge in [-0.2, -0.15) is 12.6 Å². The van der Waals surface area contributed by atoms with Gasteiger partial charge in [0.25, 0.3) is 0 Å². The van der Waals surface area contributed by atoms with Gasteiger partial charge in [-0.15, -0.1) is 0 Å². The fourth-order valence-corrected chi connectivity index (χ4v) is 4.54. The molecule has 0 aliphatic heterocycles. The highest BCUT2D eigenvalue weighted by molar-refractivity contribution is 7.80. The molecule has 0 saturated heterocycles. The Kier molecular flexibility index (Phi) is 9.75. The number of ether oxygens (including phenoxy) is 1. The van der Waals surface area contributed by atoms with Gasteiger partial charge in [0, 0.05) is 25.1 Å². The number of hydrogen-bond donors (Lipinski definition) is 5. The van der Waals surface area contributed by atoms with E-state index in [1.54, 1.807) is 0 Å². The van der Waals surface area contributed by atoms with Crippen LogP contribution in [0.15, 0.2) is 48.5 Å². The van der Waals surface area contributed by atoms with Crippen molar-refractivity contribution in [2.75, 3.05) is 18.9 Å². The number of amides is 3. The van der Waals surface area contributed by atoms with E-state index in [2.05, 4.69) is 40.7 Å². The second kappa shape index (κ2) is 13.0. The molecule has 192 valence electrons. The lowest BCUT2D eigenvalue weighted by Crippen LogP contribution is -2.52. The molecule has 10 heteroatoms. The van der Waals surface area contributed by atoms with Crippen molar-refractivity contribution >= 4 is 36.5 Å². The van der Waals surface area contributed by atoms with Gasteiger partial charge in [-0.1, -0.05) is 48.5 Å². The summed E-state index contributed by atoms with van der Waals surface area (Å²) in [5, 5.41) is 16.9. The smallest absolute Gasteiger partial charge is 0.407 e. The van der Waals surface area contributed by atoms with E-state index in [9.17, 15) is 24.3 Å².